The van der Waals surface area contributed by atoms with Crippen LogP contribution in [0.4, 0.5) is 0 Å². The maximum absolute atomic E-state index is 13.3. The fourth-order valence-corrected chi connectivity index (χ4v) is 6.83. The van der Waals surface area contributed by atoms with Crippen LogP contribution in [0.1, 0.15) is 80.9 Å². The Morgan fingerprint density at radius 1 is 0.926 bits per heavy atom. The number of rotatable bonds is 15. The molecule has 16 nitrogen and oxygen atoms in total. The molecule has 6 amide bonds. The number of nitrogens with one attached hydrogen (secondary N) is 3. The molecule has 1 unspecified atom stereocenters. The quantitative estimate of drug-likeness (QED) is 0.0995. The number of carbonyl (C=O) groups is 7. The zero-order chi connectivity index (χ0) is 38.4. The highest BCUT2D eigenvalue weighted by molar-refractivity contribution is 6.24. The van der Waals surface area contributed by atoms with Crippen LogP contribution in [-0.2, 0) is 36.8 Å². The maximum atomic E-state index is 13.3. The molecule has 0 radical (unpaired) electrons. The van der Waals surface area contributed by atoms with Gasteiger partial charge in [-0.25, -0.2) is 9.78 Å². The normalized spacial score (nSPS) is 17.0. The van der Waals surface area contributed by atoms with Crippen LogP contribution in [0, 0.1) is 0 Å². The number of pyridine rings is 1. The monoisotopic (exact) mass is 741 g/mol. The fraction of sp³-hybridized carbons (Fsp3) is 0.368. The number of carbonyl (C=O) groups excluding carboxylic acids is 7. The van der Waals surface area contributed by atoms with Crippen molar-refractivity contribution in [3.05, 3.63) is 82.7 Å². The molecule has 2 aromatic carbocycles. The number of benzene rings is 2. The van der Waals surface area contributed by atoms with Gasteiger partial charge in [-0.1, -0.05) is 30.3 Å². The van der Waals surface area contributed by atoms with Gasteiger partial charge in [-0.15, -0.1) is 0 Å². The molecule has 2 aliphatic heterocycles. The Kier molecular flexibility index (Phi) is 11.2. The number of nitrogens with zero attached hydrogens (tertiary/aromatic N) is 2. The van der Waals surface area contributed by atoms with Gasteiger partial charge in [0.2, 0.25) is 17.7 Å². The molecule has 3 aromatic rings. The largest absolute Gasteiger partial charge is 0.503 e. The third-order valence-corrected chi connectivity index (χ3v) is 9.52. The van der Waals surface area contributed by atoms with Crippen LogP contribution >= 0.6 is 0 Å². The Hall–Kier alpha value is -6.32. The predicted octanol–water partition coefficient (Wildman–Crippen LogP) is 1.76. The molecule has 3 heterocycles. The summed E-state index contributed by atoms with van der Waals surface area (Å²) < 4.78 is 16.5. The number of esters is 1. The summed E-state index contributed by atoms with van der Waals surface area (Å²) in [4.78, 5) is 93.4. The number of aromatic hydroxyl groups is 1. The van der Waals surface area contributed by atoms with Crippen molar-refractivity contribution in [3.8, 4) is 17.2 Å². The minimum atomic E-state index is -1.35. The summed E-state index contributed by atoms with van der Waals surface area (Å²) in [7, 11) is 1.25. The first kappa shape index (κ1) is 37.4. The van der Waals surface area contributed by atoms with Crippen molar-refractivity contribution in [1.82, 2.24) is 25.8 Å². The van der Waals surface area contributed by atoms with Gasteiger partial charge in [0.15, 0.2) is 17.2 Å². The number of hydrogen-bond acceptors (Lipinski definition) is 12. The first-order valence-corrected chi connectivity index (χ1v) is 17.6. The molecule has 0 spiro atoms. The maximum Gasteiger partial charge on any atom is 0.332 e. The highest BCUT2D eigenvalue weighted by Gasteiger charge is 2.47. The van der Waals surface area contributed by atoms with Crippen molar-refractivity contribution in [2.75, 3.05) is 26.9 Å². The van der Waals surface area contributed by atoms with Gasteiger partial charge in [0.05, 0.1) is 31.5 Å². The van der Waals surface area contributed by atoms with Crippen molar-refractivity contribution in [1.29, 1.82) is 0 Å². The third-order valence-electron chi connectivity index (χ3n) is 9.52. The summed E-state index contributed by atoms with van der Waals surface area (Å²) >= 11 is 0. The molecule has 1 saturated heterocycles. The SMILES string of the molecule is COC(=O)C1(NC(=O)c2nccc(OCCCNC(=O)CCCCOc3cccc4c3C(=O)N(C3CCC(=O)NC3=O)C4=O)c2O)Cc2ccccc2C1. The van der Waals surface area contributed by atoms with E-state index in [1.807, 2.05) is 24.3 Å². The number of methoxy groups -OCH3 is 1. The van der Waals surface area contributed by atoms with E-state index in [0.717, 1.165) is 16.0 Å². The Morgan fingerprint density at radius 3 is 2.37 bits per heavy atom. The number of hydrogen-bond donors (Lipinski definition) is 4. The van der Waals surface area contributed by atoms with Crippen LogP contribution < -0.4 is 25.4 Å². The average Bonchev–Trinajstić information content (AvgIpc) is 3.66. The van der Waals surface area contributed by atoms with Crippen molar-refractivity contribution < 1.29 is 52.9 Å². The Bertz CT molecular complexity index is 1990. The van der Waals surface area contributed by atoms with E-state index >= 15 is 0 Å². The van der Waals surface area contributed by atoms with Crippen LogP contribution in [0.25, 0.3) is 0 Å². The summed E-state index contributed by atoms with van der Waals surface area (Å²) in [5.74, 6) is -4.27. The molecule has 0 bridgehead atoms. The fourth-order valence-electron chi connectivity index (χ4n) is 6.83. The van der Waals surface area contributed by atoms with E-state index in [4.69, 9.17) is 14.2 Å². The van der Waals surface area contributed by atoms with E-state index in [0.29, 0.717) is 19.3 Å². The summed E-state index contributed by atoms with van der Waals surface area (Å²) in [6.45, 7) is 0.564. The number of unbranched alkanes of at least 4 members (excludes halogenated alkanes) is 1. The lowest BCUT2D eigenvalue weighted by Gasteiger charge is -2.27. The molecule has 1 fully saturated rings. The minimum Gasteiger partial charge on any atom is -0.503 e. The molecule has 54 heavy (non-hydrogen) atoms. The van der Waals surface area contributed by atoms with Crippen LogP contribution in [0.3, 0.4) is 0 Å². The van der Waals surface area contributed by atoms with Gasteiger partial charge < -0.3 is 30.0 Å². The van der Waals surface area contributed by atoms with E-state index in [1.54, 1.807) is 12.1 Å². The number of piperidine rings is 1. The van der Waals surface area contributed by atoms with Crippen molar-refractivity contribution in [2.45, 2.75) is 62.9 Å². The highest BCUT2D eigenvalue weighted by atomic mass is 16.5. The average molecular weight is 742 g/mol. The molecule has 6 rings (SSSR count). The zero-order valence-electron chi connectivity index (χ0n) is 29.5. The lowest BCUT2D eigenvalue weighted by molar-refractivity contribution is -0.148. The number of imide groups is 2. The number of fused-ring (bicyclic) bond motifs is 2. The molecule has 1 aromatic heterocycles. The van der Waals surface area contributed by atoms with Gasteiger partial charge in [0.1, 0.15) is 17.3 Å². The summed E-state index contributed by atoms with van der Waals surface area (Å²) in [6.07, 6.45) is 3.39. The molecule has 282 valence electrons. The van der Waals surface area contributed by atoms with Crippen LogP contribution in [0.5, 0.6) is 17.2 Å². The van der Waals surface area contributed by atoms with Crippen LogP contribution in [0.15, 0.2) is 54.7 Å². The first-order chi connectivity index (χ1) is 26.0. The molecular formula is C38H39N5O11. The van der Waals surface area contributed by atoms with Crippen LogP contribution in [-0.4, -0.2) is 94.9 Å². The van der Waals surface area contributed by atoms with E-state index in [1.165, 1.54) is 25.4 Å². The topological polar surface area (TPSA) is 220 Å². The second-order valence-corrected chi connectivity index (χ2v) is 13.1. The Balaban J connectivity index is 0.907. The number of aromatic nitrogens is 1. The highest BCUT2D eigenvalue weighted by Crippen LogP contribution is 2.35. The van der Waals surface area contributed by atoms with E-state index in [2.05, 4.69) is 20.9 Å². The predicted molar refractivity (Wildman–Crippen MR) is 188 cm³/mol. The molecule has 4 N–H and O–H groups in total. The Morgan fingerprint density at radius 2 is 1.65 bits per heavy atom. The first-order valence-electron chi connectivity index (χ1n) is 17.6. The Labute approximate surface area is 309 Å². The molecule has 3 aliphatic rings. The summed E-state index contributed by atoms with van der Waals surface area (Å²) in [5.41, 5.74) is 0.342. The molecule has 16 heteroatoms. The smallest absolute Gasteiger partial charge is 0.332 e. The zero-order valence-corrected chi connectivity index (χ0v) is 29.5. The van der Waals surface area contributed by atoms with E-state index in [-0.39, 0.29) is 86.1 Å². The standard InChI is InChI=1S/C38H39N5O11/c1-52-37(51)38(20-22-8-2-3-9-23(22)21-38)42-34(48)31-32(46)27(15-17-40-31)54-19-7-16-39-28(44)12-4-5-18-53-26-11-6-10-24-30(26)36(50)43(35(24)49)25-13-14-29(45)41-33(25)47/h2-3,6,8-11,15,17,25,46H,4-5,7,12-14,16,18-21H2,1H3,(H,39,44)(H,42,48)(H,41,45,47). The second-order valence-electron chi connectivity index (χ2n) is 13.1. The summed E-state index contributed by atoms with van der Waals surface area (Å²) in [5, 5.41) is 18.5. The van der Waals surface area contributed by atoms with Gasteiger partial charge in [0.25, 0.3) is 17.7 Å². The third kappa shape index (κ3) is 7.72. The van der Waals surface area contributed by atoms with Gasteiger partial charge in [-0.3, -0.25) is 39.0 Å². The van der Waals surface area contributed by atoms with Gasteiger partial charge >= 0.3 is 5.97 Å². The van der Waals surface area contributed by atoms with Gasteiger partial charge in [-0.05, 0) is 48.9 Å². The summed E-state index contributed by atoms with van der Waals surface area (Å²) in [6, 6.07) is 12.4. The number of amides is 6. The molecule has 0 saturated carbocycles. The molecule has 1 aliphatic carbocycles. The molecule has 1 atom stereocenters. The van der Waals surface area contributed by atoms with Gasteiger partial charge in [-0.2, -0.15) is 0 Å². The van der Waals surface area contributed by atoms with Crippen molar-refractivity contribution >= 4 is 41.4 Å². The van der Waals surface area contributed by atoms with E-state index < -0.39 is 52.8 Å². The van der Waals surface area contributed by atoms with Gasteiger partial charge in [0, 0.05) is 44.5 Å². The minimum absolute atomic E-state index is 0.0158. The lowest BCUT2D eigenvalue weighted by atomic mass is 9.95. The van der Waals surface area contributed by atoms with Crippen molar-refractivity contribution in [3.63, 3.8) is 0 Å². The second kappa shape index (κ2) is 16.1. The lowest BCUT2D eigenvalue weighted by Crippen LogP contribution is -2.56. The number of ether oxygens (including phenoxy) is 3. The molecular weight excluding hydrogens is 702 g/mol. The van der Waals surface area contributed by atoms with E-state index in [9.17, 15) is 38.7 Å². The van der Waals surface area contributed by atoms with Crippen LogP contribution in [0.2, 0.25) is 0 Å². The van der Waals surface area contributed by atoms with Crippen molar-refractivity contribution in [2.24, 2.45) is 0 Å².